The molecule has 21 heavy (non-hydrogen) atoms. The number of hydrogen-bond donors (Lipinski definition) is 1. The Morgan fingerprint density at radius 1 is 1.43 bits per heavy atom. The van der Waals surface area contributed by atoms with Crippen molar-refractivity contribution >= 4 is 27.7 Å². The summed E-state index contributed by atoms with van der Waals surface area (Å²) in [5.74, 6) is 0.352. The van der Waals surface area contributed by atoms with Crippen LogP contribution in [-0.2, 0) is 12.3 Å². The standard InChI is InChI=1S/C13H17BrFN5S/c1-9(2)16-6-7-20-13(17-18-19-20)21-8-10-4-3-5-11(15)12(10)14/h3-5,9,16H,6-8H2,1-2H3. The molecule has 8 heteroatoms. The van der Waals surface area contributed by atoms with Gasteiger partial charge in [-0.3, -0.25) is 0 Å². The molecule has 0 bridgehead atoms. The molecule has 0 fully saturated rings. The predicted molar refractivity (Wildman–Crippen MR) is 84.6 cm³/mol. The fraction of sp³-hybridized carbons (Fsp3) is 0.462. The minimum Gasteiger partial charge on any atom is -0.313 e. The SMILES string of the molecule is CC(C)NCCn1nnnc1SCc1cccc(F)c1Br. The van der Waals surface area contributed by atoms with Gasteiger partial charge < -0.3 is 5.32 Å². The van der Waals surface area contributed by atoms with E-state index in [1.54, 1.807) is 10.7 Å². The number of tetrazole rings is 1. The summed E-state index contributed by atoms with van der Waals surface area (Å²) < 4.78 is 15.7. The maximum atomic E-state index is 13.5. The van der Waals surface area contributed by atoms with Crippen LogP contribution in [0.1, 0.15) is 19.4 Å². The van der Waals surface area contributed by atoms with E-state index in [0.717, 1.165) is 17.3 Å². The molecule has 1 heterocycles. The first-order valence-electron chi connectivity index (χ1n) is 6.63. The van der Waals surface area contributed by atoms with Crippen molar-refractivity contribution < 1.29 is 4.39 Å². The van der Waals surface area contributed by atoms with Crippen LogP contribution in [0.25, 0.3) is 0 Å². The van der Waals surface area contributed by atoms with Crippen LogP contribution >= 0.6 is 27.7 Å². The molecule has 0 atom stereocenters. The number of nitrogens with one attached hydrogen (secondary N) is 1. The molecule has 0 saturated heterocycles. The average Bonchev–Trinajstić information content (AvgIpc) is 2.88. The van der Waals surface area contributed by atoms with Gasteiger partial charge in [-0.15, -0.1) is 5.10 Å². The van der Waals surface area contributed by atoms with Crippen LogP contribution in [0.2, 0.25) is 0 Å². The van der Waals surface area contributed by atoms with Crippen molar-refractivity contribution in [2.45, 2.75) is 37.3 Å². The van der Waals surface area contributed by atoms with Crippen molar-refractivity contribution in [1.29, 1.82) is 0 Å². The number of thioether (sulfide) groups is 1. The molecule has 0 radical (unpaired) electrons. The highest BCUT2D eigenvalue weighted by molar-refractivity contribution is 9.10. The van der Waals surface area contributed by atoms with Gasteiger partial charge in [-0.25, -0.2) is 9.07 Å². The molecule has 0 aliphatic carbocycles. The van der Waals surface area contributed by atoms with E-state index in [9.17, 15) is 4.39 Å². The summed E-state index contributed by atoms with van der Waals surface area (Å²) in [5, 5.41) is 15.7. The third-order valence-electron chi connectivity index (χ3n) is 2.76. The van der Waals surface area contributed by atoms with Crippen molar-refractivity contribution in [2.24, 2.45) is 0 Å². The fourth-order valence-corrected chi connectivity index (χ4v) is 3.19. The number of aromatic nitrogens is 4. The van der Waals surface area contributed by atoms with E-state index < -0.39 is 0 Å². The smallest absolute Gasteiger partial charge is 0.209 e. The number of rotatable bonds is 7. The molecule has 1 aromatic carbocycles. The first-order chi connectivity index (χ1) is 10.1. The molecule has 0 unspecified atom stereocenters. The van der Waals surface area contributed by atoms with E-state index in [4.69, 9.17) is 0 Å². The van der Waals surface area contributed by atoms with Gasteiger partial charge in [0.1, 0.15) is 5.82 Å². The summed E-state index contributed by atoms with van der Waals surface area (Å²) in [4.78, 5) is 0. The van der Waals surface area contributed by atoms with E-state index in [0.29, 0.717) is 22.8 Å². The first kappa shape index (κ1) is 16.4. The van der Waals surface area contributed by atoms with Crippen molar-refractivity contribution in [1.82, 2.24) is 25.5 Å². The normalized spacial score (nSPS) is 11.3. The molecule has 2 rings (SSSR count). The zero-order chi connectivity index (χ0) is 15.2. The summed E-state index contributed by atoms with van der Waals surface area (Å²) >= 11 is 4.75. The van der Waals surface area contributed by atoms with Crippen LogP contribution in [0.15, 0.2) is 27.8 Å². The number of benzene rings is 1. The molecule has 5 nitrogen and oxygen atoms in total. The molecule has 0 amide bonds. The van der Waals surface area contributed by atoms with Crippen LogP contribution in [-0.4, -0.2) is 32.8 Å². The number of nitrogens with zero attached hydrogens (tertiary/aromatic N) is 4. The zero-order valence-electron chi connectivity index (χ0n) is 11.9. The summed E-state index contributed by atoms with van der Waals surface area (Å²) in [7, 11) is 0. The molecule has 2 aromatic rings. The quantitative estimate of drug-likeness (QED) is 0.756. The highest BCUT2D eigenvalue weighted by atomic mass is 79.9. The molecule has 114 valence electrons. The van der Waals surface area contributed by atoms with Crippen LogP contribution < -0.4 is 5.32 Å². The maximum Gasteiger partial charge on any atom is 0.209 e. The second kappa shape index (κ2) is 7.86. The monoisotopic (exact) mass is 373 g/mol. The third kappa shape index (κ3) is 4.76. The Labute approximate surface area is 135 Å². The minimum absolute atomic E-state index is 0.256. The van der Waals surface area contributed by atoms with Gasteiger partial charge in [0.05, 0.1) is 11.0 Å². The zero-order valence-corrected chi connectivity index (χ0v) is 14.3. The van der Waals surface area contributed by atoms with E-state index in [-0.39, 0.29) is 5.82 Å². The highest BCUT2D eigenvalue weighted by Gasteiger charge is 2.10. The van der Waals surface area contributed by atoms with Crippen LogP contribution in [0, 0.1) is 5.82 Å². The lowest BCUT2D eigenvalue weighted by Crippen LogP contribution is -2.27. The second-order valence-electron chi connectivity index (χ2n) is 4.80. The van der Waals surface area contributed by atoms with Gasteiger partial charge in [-0.2, -0.15) is 0 Å². The number of hydrogen-bond acceptors (Lipinski definition) is 5. The molecular formula is C13H17BrFN5S. The van der Waals surface area contributed by atoms with Gasteiger partial charge in [0.2, 0.25) is 5.16 Å². The molecule has 1 aromatic heterocycles. The van der Waals surface area contributed by atoms with Crippen LogP contribution in [0.3, 0.4) is 0 Å². The van der Waals surface area contributed by atoms with E-state index in [1.807, 2.05) is 6.07 Å². The lowest BCUT2D eigenvalue weighted by atomic mass is 10.2. The van der Waals surface area contributed by atoms with Crippen molar-refractivity contribution in [3.05, 3.63) is 34.1 Å². The van der Waals surface area contributed by atoms with Gasteiger partial charge in [0, 0.05) is 18.3 Å². The molecule has 1 N–H and O–H groups in total. The van der Waals surface area contributed by atoms with Gasteiger partial charge >= 0.3 is 0 Å². The van der Waals surface area contributed by atoms with Gasteiger partial charge in [0.15, 0.2) is 0 Å². The Morgan fingerprint density at radius 2 is 2.24 bits per heavy atom. The third-order valence-corrected chi connectivity index (χ3v) is 4.66. The topological polar surface area (TPSA) is 55.6 Å². The van der Waals surface area contributed by atoms with Crippen molar-refractivity contribution in [2.75, 3.05) is 6.54 Å². The Balaban J connectivity index is 1.94. The van der Waals surface area contributed by atoms with Crippen molar-refractivity contribution in [3.63, 3.8) is 0 Å². The summed E-state index contributed by atoms with van der Waals surface area (Å²) in [5.41, 5.74) is 0.884. The predicted octanol–water partition coefficient (Wildman–Crippen LogP) is 2.87. The Morgan fingerprint density at radius 3 is 3.00 bits per heavy atom. The van der Waals surface area contributed by atoms with Gasteiger partial charge in [-0.1, -0.05) is 37.7 Å². The largest absolute Gasteiger partial charge is 0.313 e. The van der Waals surface area contributed by atoms with Gasteiger partial charge in [-0.05, 0) is 38.0 Å². The lowest BCUT2D eigenvalue weighted by Gasteiger charge is -2.09. The summed E-state index contributed by atoms with van der Waals surface area (Å²) in [6.07, 6.45) is 0. The lowest BCUT2D eigenvalue weighted by molar-refractivity contribution is 0.485. The maximum absolute atomic E-state index is 13.5. The van der Waals surface area contributed by atoms with E-state index >= 15 is 0 Å². The van der Waals surface area contributed by atoms with Crippen LogP contribution in [0.4, 0.5) is 4.39 Å². The van der Waals surface area contributed by atoms with Crippen molar-refractivity contribution in [3.8, 4) is 0 Å². The van der Waals surface area contributed by atoms with Gasteiger partial charge in [0.25, 0.3) is 0 Å². The second-order valence-corrected chi connectivity index (χ2v) is 6.53. The Kier molecular flexibility index (Phi) is 6.13. The molecule has 0 aliphatic rings. The van der Waals surface area contributed by atoms with E-state index in [1.165, 1.54) is 17.8 Å². The highest BCUT2D eigenvalue weighted by Crippen LogP contribution is 2.27. The molecule has 0 spiro atoms. The molecule has 0 saturated carbocycles. The minimum atomic E-state index is -0.256. The van der Waals surface area contributed by atoms with E-state index in [2.05, 4.69) is 50.6 Å². The summed E-state index contributed by atoms with van der Waals surface area (Å²) in [6.45, 7) is 5.70. The average molecular weight is 374 g/mol. The van der Waals surface area contributed by atoms with Crippen LogP contribution in [0.5, 0.6) is 0 Å². The molecule has 0 aliphatic heterocycles. The fourth-order valence-electron chi connectivity index (χ4n) is 1.70. The Hall–Kier alpha value is -0.990. The number of halogens is 2. The molecular weight excluding hydrogens is 357 g/mol. The first-order valence-corrected chi connectivity index (χ1v) is 8.41. The summed E-state index contributed by atoms with van der Waals surface area (Å²) in [6, 6.07) is 5.45. The Bertz CT molecular complexity index is 590.